The monoisotopic (exact) mass is 422 g/mol. The zero-order valence-corrected chi connectivity index (χ0v) is 21.3. The Balaban J connectivity index is 2.01. The van der Waals surface area contributed by atoms with Crippen LogP contribution >= 0.6 is 0 Å². The first-order valence-corrected chi connectivity index (χ1v) is 14.2. The SMILES string of the molecule is C[C@H]1C(=O)C[C@H](CO[Si](C)(C)C(C)(C)C)C2=C3[C@H]1CC(C)(C)[C@@H]3OC(C)(C)OC2. The highest BCUT2D eigenvalue weighted by Crippen LogP contribution is 2.55. The standard InChI is InChI=1S/C24H42O4Si/c1-15-17-12-23(5,6)21-20(17)18(14-26-24(7,8)28-21)16(11-19(15)25)13-27-29(9,10)22(2,3)4/h15-17,21H,11-14H2,1-10H3/t15-,16-,17+,21-/m1/s1. The number of hydrogen-bond donors (Lipinski definition) is 0. The van der Waals surface area contributed by atoms with Gasteiger partial charge in [0, 0.05) is 24.9 Å². The summed E-state index contributed by atoms with van der Waals surface area (Å²) in [6.45, 7) is 23.2. The van der Waals surface area contributed by atoms with Crippen LogP contribution in [0.5, 0.6) is 0 Å². The highest BCUT2D eigenvalue weighted by Gasteiger charge is 2.54. The molecule has 0 spiro atoms. The predicted octanol–water partition coefficient (Wildman–Crippen LogP) is 5.73. The van der Waals surface area contributed by atoms with Crippen molar-refractivity contribution in [2.75, 3.05) is 13.2 Å². The normalized spacial score (nSPS) is 34.6. The smallest absolute Gasteiger partial charge is 0.192 e. The summed E-state index contributed by atoms with van der Waals surface area (Å²) in [4.78, 5) is 13.1. The van der Waals surface area contributed by atoms with Gasteiger partial charge in [-0.05, 0) is 60.9 Å². The molecule has 1 heterocycles. The summed E-state index contributed by atoms with van der Waals surface area (Å²) in [7, 11) is -1.89. The summed E-state index contributed by atoms with van der Waals surface area (Å²) in [5.74, 6) is 0.122. The maximum atomic E-state index is 13.1. The van der Waals surface area contributed by atoms with Crippen LogP contribution in [0.4, 0.5) is 0 Å². The minimum absolute atomic E-state index is 0.00345. The molecular weight excluding hydrogens is 380 g/mol. The van der Waals surface area contributed by atoms with Crippen molar-refractivity contribution in [2.45, 2.75) is 98.3 Å². The van der Waals surface area contributed by atoms with Crippen molar-refractivity contribution < 1.29 is 18.7 Å². The van der Waals surface area contributed by atoms with Crippen molar-refractivity contribution in [2.24, 2.45) is 23.2 Å². The van der Waals surface area contributed by atoms with Crippen LogP contribution in [-0.2, 0) is 18.7 Å². The van der Waals surface area contributed by atoms with Gasteiger partial charge in [0.1, 0.15) is 5.78 Å². The van der Waals surface area contributed by atoms with Crippen LogP contribution in [0.1, 0.15) is 68.2 Å². The lowest BCUT2D eigenvalue weighted by Crippen LogP contribution is -2.42. The molecule has 0 saturated heterocycles. The molecule has 0 aromatic rings. The number of hydrogen-bond acceptors (Lipinski definition) is 4. The fraction of sp³-hybridized carbons (Fsp3) is 0.875. The van der Waals surface area contributed by atoms with Gasteiger partial charge in [-0.2, -0.15) is 0 Å². The number of ketones is 1. The van der Waals surface area contributed by atoms with Gasteiger partial charge in [-0.25, -0.2) is 0 Å². The second kappa shape index (κ2) is 7.28. The highest BCUT2D eigenvalue weighted by molar-refractivity contribution is 6.74. The minimum atomic E-state index is -1.89. The summed E-state index contributed by atoms with van der Waals surface area (Å²) in [5, 5.41) is 0.151. The van der Waals surface area contributed by atoms with E-state index in [9.17, 15) is 4.79 Å². The Morgan fingerprint density at radius 3 is 2.38 bits per heavy atom. The Kier molecular flexibility index (Phi) is 5.82. The molecule has 2 aliphatic carbocycles. The summed E-state index contributed by atoms with van der Waals surface area (Å²) in [6, 6.07) is 0. The Hall–Kier alpha value is -0.493. The summed E-state index contributed by atoms with van der Waals surface area (Å²) < 4.78 is 19.4. The van der Waals surface area contributed by atoms with Crippen molar-refractivity contribution in [3.63, 3.8) is 0 Å². The molecule has 4 atom stereocenters. The van der Waals surface area contributed by atoms with Crippen LogP contribution in [0, 0.1) is 23.2 Å². The van der Waals surface area contributed by atoms with Crippen LogP contribution in [0.15, 0.2) is 11.1 Å². The molecular formula is C24H42O4Si. The molecule has 5 heteroatoms. The predicted molar refractivity (Wildman–Crippen MR) is 119 cm³/mol. The van der Waals surface area contributed by atoms with Crippen molar-refractivity contribution in [3.8, 4) is 0 Å². The second-order valence-corrected chi connectivity index (χ2v) is 17.0. The molecule has 0 radical (unpaired) electrons. The summed E-state index contributed by atoms with van der Waals surface area (Å²) in [6.07, 6.45) is 1.56. The molecule has 3 rings (SSSR count). The van der Waals surface area contributed by atoms with E-state index in [1.54, 1.807) is 0 Å². The first kappa shape index (κ1) is 23.2. The average molecular weight is 423 g/mol. The molecule has 1 aliphatic heterocycles. The van der Waals surface area contributed by atoms with Crippen LogP contribution in [0.3, 0.4) is 0 Å². The number of ether oxygens (including phenoxy) is 2. The van der Waals surface area contributed by atoms with E-state index in [1.807, 2.05) is 13.8 Å². The van der Waals surface area contributed by atoms with Crippen LogP contribution in [0.25, 0.3) is 0 Å². The maximum Gasteiger partial charge on any atom is 0.192 e. The quantitative estimate of drug-likeness (QED) is 0.430. The van der Waals surface area contributed by atoms with Crippen molar-refractivity contribution in [3.05, 3.63) is 11.1 Å². The third-order valence-electron chi connectivity index (χ3n) is 7.99. The van der Waals surface area contributed by atoms with E-state index in [-0.39, 0.29) is 34.3 Å². The molecule has 0 amide bonds. The number of carbonyl (C=O) groups is 1. The van der Waals surface area contributed by atoms with E-state index in [4.69, 9.17) is 13.9 Å². The number of carbonyl (C=O) groups excluding carboxylic acids is 1. The molecule has 0 unspecified atom stereocenters. The van der Waals surface area contributed by atoms with Gasteiger partial charge in [-0.15, -0.1) is 0 Å². The lowest BCUT2D eigenvalue weighted by molar-refractivity contribution is -0.233. The van der Waals surface area contributed by atoms with Gasteiger partial charge in [-0.1, -0.05) is 41.5 Å². The zero-order valence-electron chi connectivity index (χ0n) is 20.3. The topological polar surface area (TPSA) is 44.8 Å². The molecule has 166 valence electrons. The van der Waals surface area contributed by atoms with Gasteiger partial charge < -0.3 is 13.9 Å². The third kappa shape index (κ3) is 4.30. The Morgan fingerprint density at radius 1 is 1.17 bits per heavy atom. The molecule has 1 saturated carbocycles. The Morgan fingerprint density at radius 2 is 1.79 bits per heavy atom. The van der Waals surface area contributed by atoms with Crippen LogP contribution < -0.4 is 0 Å². The molecule has 4 nitrogen and oxygen atoms in total. The molecule has 3 aliphatic rings. The fourth-order valence-electron chi connectivity index (χ4n) is 4.94. The first-order chi connectivity index (χ1) is 13.1. The van der Waals surface area contributed by atoms with Gasteiger partial charge in [0.2, 0.25) is 0 Å². The lowest BCUT2D eigenvalue weighted by Gasteiger charge is -2.37. The van der Waals surface area contributed by atoms with Gasteiger partial charge in [0.25, 0.3) is 0 Å². The van der Waals surface area contributed by atoms with Gasteiger partial charge >= 0.3 is 0 Å². The van der Waals surface area contributed by atoms with E-state index < -0.39 is 14.1 Å². The van der Waals surface area contributed by atoms with Crippen molar-refractivity contribution >= 4 is 14.1 Å². The van der Waals surface area contributed by atoms with Crippen LogP contribution in [0.2, 0.25) is 18.1 Å². The van der Waals surface area contributed by atoms with Crippen LogP contribution in [-0.4, -0.2) is 39.2 Å². The van der Waals surface area contributed by atoms with E-state index in [0.717, 1.165) is 6.42 Å². The van der Waals surface area contributed by atoms with Gasteiger partial charge in [-0.3, -0.25) is 4.79 Å². The second-order valence-electron chi connectivity index (χ2n) is 12.2. The molecule has 0 aromatic heterocycles. The maximum absolute atomic E-state index is 13.1. The van der Waals surface area contributed by atoms with E-state index in [1.165, 1.54) is 11.1 Å². The van der Waals surface area contributed by atoms with Gasteiger partial charge in [0.15, 0.2) is 14.1 Å². The molecule has 0 bridgehead atoms. The minimum Gasteiger partial charge on any atom is -0.416 e. The molecule has 29 heavy (non-hydrogen) atoms. The summed E-state index contributed by atoms with van der Waals surface area (Å²) >= 11 is 0. The Bertz CT molecular complexity index is 698. The molecule has 0 aromatic carbocycles. The molecule has 1 fully saturated rings. The van der Waals surface area contributed by atoms with Gasteiger partial charge in [0.05, 0.1) is 12.7 Å². The number of Topliss-reactive ketones (excluding diaryl/α,β-unsaturated/α-hetero) is 1. The molecule has 0 N–H and O–H groups in total. The third-order valence-corrected chi connectivity index (χ3v) is 12.5. The first-order valence-electron chi connectivity index (χ1n) is 11.3. The van der Waals surface area contributed by atoms with E-state index >= 15 is 0 Å². The summed E-state index contributed by atoms with van der Waals surface area (Å²) in [5.41, 5.74) is 2.63. The fourth-order valence-corrected chi connectivity index (χ4v) is 5.99. The number of rotatable bonds is 3. The van der Waals surface area contributed by atoms with E-state index in [0.29, 0.717) is 25.4 Å². The van der Waals surface area contributed by atoms with Crippen molar-refractivity contribution in [1.82, 2.24) is 0 Å². The van der Waals surface area contributed by atoms with E-state index in [2.05, 4.69) is 54.6 Å². The Labute approximate surface area is 178 Å². The highest BCUT2D eigenvalue weighted by atomic mass is 28.4. The average Bonchev–Trinajstić information content (AvgIpc) is 2.67. The van der Waals surface area contributed by atoms with Crippen molar-refractivity contribution in [1.29, 1.82) is 0 Å². The largest absolute Gasteiger partial charge is 0.416 e. The lowest BCUT2D eigenvalue weighted by atomic mass is 9.83. The zero-order chi connectivity index (χ0) is 22.0.